The van der Waals surface area contributed by atoms with E-state index in [1.54, 1.807) is 7.11 Å². The molecule has 5 heteroatoms. The number of methoxy groups -OCH3 is 1. The fourth-order valence-electron chi connectivity index (χ4n) is 4.76. The van der Waals surface area contributed by atoms with E-state index in [1.165, 1.54) is 70.6 Å². The highest BCUT2D eigenvalue weighted by Gasteiger charge is 2.45. The maximum Gasteiger partial charge on any atom is 0.163 e. The number of unbranched alkanes of at least 4 members (excludes halogenated alkanes) is 11. The Morgan fingerprint density at radius 3 is 1.94 bits per heavy atom. The van der Waals surface area contributed by atoms with Gasteiger partial charge in [-0.3, -0.25) is 0 Å². The zero-order valence-corrected chi connectivity index (χ0v) is 22.2. The summed E-state index contributed by atoms with van der Waals surface area (Å²) in [6.07, 6.45) is 16.3. The molecule has 196 valence electrons. The molecule has 1 saturated heterocycles. The van der Waals surface area contributed by atoms with Gasteiger partial charge in [0.05, 0.1) is 26.4 Å². The average molecular weight is 479 g/mol. The van der Waals surface area contributed by atoms with Gasteiger partial charge in [0.15, 0.2) is 5.79 Å². The second kappa shape index (κ2) is 16.5. The number of aliphatic hydroxyl groups is 1. The van der Waals surface area contributed by atoms with Crippen molar-refractivity contribution in [3.63, 3.8) is 0 Å². The van der Waals surface area contributed by atoms with Crippen molar-refractivity contribution in [2.75, 3.05) is 13.7 Å². The van der Waals surface area contributed by atoms with Crippen LogP contribution in [0.4, 0.5) is 0 Å². The van der Waals surface area contributed by atoms with Gasteiger partial charge in [-0.2, -0.15) is 0 Å². The zero-order valence-electron chi connectivity index (χ0n) is 22.2. The number of hydrogen-bond acceptors (Lipinski definition) is 5. The van der Waals surface area contributed by atoms with Gasteiger partial charge in [-0.05, 0) is 38.0 Å². The molecule has 3 atom stereocenters. The van der Waals surface area contributed by atoms with Crippen LogP contribution in [0.5, 0.6) is 5.75 Å². The van der Waals surface area contributed by atoms with E-state index in [2.05, 4.69) is 6.92 Å². The predicted octanol–water partition coefficient (Wildman–Crippen LogP) is 7.18. The van der Waals surface area contributed by atoms with Crippen LogP contribution >= 0.6 is 0 Å². The SMILES string of the molecule is CCCCCCCCCCCCCC[C@H]1OC(C)(C)O[C@H]1[C@@H](CO)OCc1ccc(OC)cc1. The van der Waals surface area contributed by atoms with Crippen LogP contribution in [-0.2, 0) is 20.8 Å². The van der Waals surface area contributed by atoms with Crippen LogP contribution in [0, 0.1) is 0 Å². The smallest absolute Gasteiger partial charge is 0.163 e. The minimum atomic E-state index is -0.649. The summed E-state index contributed by atoms with van der Waals surface area (Å²) in [5.41, 5.74) is 1.04. The molecule has 0 spiro atoms. The van der Waals surface area contributed by atoms with Gasteiger partial charge in [-0.1, -0.05) is 96.1 Å². The number of aliphatic hydroxyl groups excluding tert-OH is 1. The predicted molar refractivity (Wildman–Crippen MR) is 138 cm³/mol. The summed E-state index contributed by atoms with van der Waals surface area (Å²) in [5, 5.41) is 10.0. The van der Waals surface area contributed by atoms with E-state index in [-0.39, 0.29) is 18.8 Å². The Hall–Kier alpha value is -1.14. The van der Waals surface area contributed by atoms with Crippen LogP contribution in [0.25, 0.3) is 0 Å². The van der Waals surface area contributed by atoms with Gasteiger partial charge >= 0.3 is 0 Å². The molecule has 0 amide bonds. The van der Waals surface area contributed by atoms with Crippen LogP contribution in [0.1, 0.15) is 110 Å². The first-order valence-corrected chi connectivity index (χ1v) is 13.7. The van der Waals surface area contributed by atoms with Crippen LogP contribution < -0.4 is 4.74 Å². The molecule has 34 heavy (non-hydrogen) atoms. The summed E-state index contributed by atoms with van der Waals surface area (Å²) in [6.45, 7) is 6.49. The first kappa shape index (κ1) is 29.1. The summed E-state index contributed by atoms with van der Waals surface area (Å²) in [7, 11) is 1.66. The Labute approximate surface area is 208 Å². The molecule has 0 aromatic heterocycles. The van der Waals surface area contributed by atoms with Crippen LogP contribution in [0.15, 0.2) is 24.3 Å². The van der Waals surface area contributed by atoms with Crippen molar-refractivity contribution in [3.8, 4) is 5.75 Å². The van der Waals surface area contributed by atoms with Crippen molar-refractivity contribution in [2.45, 2.75) is 135 Å². The van der Waals surface area contributed by atoms with Crippen molar-refractivity contribution < 1.29 is 24.1 Å². The Kier molecular flexibility index (Phi) is 14.1. The van der Waals surface area contributed by atoms with Gasteiger partial charge in [0.25, 0.3) is 0 Å². The summed E-state index contributed by atoms with van der Waals surface area (Å²) in [6, 6.07) is 7.79. The normalized spacial score (nSPS) is 20.5. The summed E-state index contributed by atoms with van der Waals surface area (Å²) in [5.74, 6) is 0.169. The average Bonchev–Trinajstić information content (AvgIpc) is 3.14. The van der Waals surface area contributed by atoms with E-state index in [4.69, 9.17) is 18.9 Å². The molecule has 0 radical (unpaired) electrons. The minimum Gasteiger partial charge on any atom is -0.497 e. The maximum atomic E-state index is 10.0. The van der Waals surface area contributed by atoms with E-state index in [0.717, 1.165) is 24.2 Å². The molecule has 1 aromatic carbocycles. The molecule has 5 nitrogen and oxygen atoms in total. The largest absolute Gasteiger partial charge is 0.497 e. The second-order valence-corrected chi connectivity index (χ2v) is 10.2. The Balaban J connectivity index is 1.66. The highest BCUT2D eigenvalue weighted by molar-refractivity contribution is 5.26. The molecule has 2 rings (SSSR count). The van der Waals surface area contributed by atoms with Gasteiger partial charge in [-0.15, -0.1) is 0 Å². The third-order valence-corrected chi connectivity index (χ3v) is 6.73. The maximum absolute atomic E-state index is 10.0. The molecular weight excluding hydrogens is 428 g/mol. The van der Waals surface area contributed by atoms with Gasteiger partial charge < -0.3 is 24.1 Å². The lowest BCUT2D eigenvalue weighted by Crippen LogP contribution is -2.39. The minimum absolute atomic E-state index is 0.0499. The van der Waals surface area contributed by atoms with Crippen molar-refractivity contribution in [3.05, 3.63) is 29.8 Å². The number of ether oxygens (including phenoxy) is 4. The van der Waals surface area contributed by atoms with Gasteiger partial charge in [0.2, 0.25) is 0 Å². The Morgan fingerprint density at radius 2 is 1.41 bits per heavy atom. The number of benzene rings is 1. The van der Waals surface area contributed by atoms with Gasteiger partial charge in [0, 0.05) is 0 Å². The zero-order chi connectivity index (χ0) is 24.7. The Bertz CT molecular complexity index is 630. The fraction of sp³-hybridized carbons (Fsp3) is 0.793. The van der Waals surface area contributed by atoms with E-state index in [9.17, 15) is 5.11 Å². The molecule has 0 unspecified atom stereocenters. The standard InChI is InChI=1S/C29H50O5/c1-5-6-7-8-9-10-11-12-13-14-15-16-17-26-28(34-29(2,3)33-26)27(22-30)32-23-24-18-20-25(31-4)21-19-24/h18-21,26-28,30H,5-17,22-23H2,1-4H3/t26-,27-,28-/m1/s1. The lowest BCUT2D eigenvalue weighted by atomic mass is 10.0. The van der Waals surface area contributed by atoms with E-state index in [0.29, 0.717) is 6.61 Å². The molecule has 0 aliphatic carbocycles. The molecule has 0 bridgehead atoms. The first-order valence-electron chi connectivity index (χ1n) is 13.7. The van der Waals surface area contributed by atoms with Gasteiger partial charge in [0.1, 0.15) is 18.0 Å². The molecule has 1 aromatic rings. The van der Waals surface area contributed by atoms with Crippen LogP contribution in [0.2, 0.25) is 0 Å². The van der Waals surface area contributed by atoms with E-state index >= 15 is 0 Å². The summed E-state index contributed by atoms with van der Waals surface area (Å²) >= 11 is 0. The molecule has 1 aliphatic rings. The monoisotopic (exact) mass is 478 g/mol. The lowest BCUT2D eigenvalue weighted by Gasteiger charge is -2.25. The summed E-state index contributed by atoms with van der Waals surface area (Å²) in [4.78, 5) is 0. The van der Waals surface area contributed by atoms with E-state index < -0.39 is 11.9 Å². The highest BCUT2D eigenvalue weighted by Crippen LogP contribution is 2.34. The molecule has 1 fully saturated rings. The van der Waals surface area contributed by atoms with E-state index in [1.807, 2.05) is 38.1 Å². The number of rotatable bonds is 19. The van der Waals surface area contributed by atoms with Crippen LogP contribution in [-0.4, -0.2) is 42.9 Å². The third kappa shape index (κ3) is 11.1. The highest BCUT2D eigenvalue weighted by atomic mass is 16.8. The Morgan fingerprint density at radius 1 is 0.853 bits per heavy atom. The fourth-order valence-corrected chi connectivity index (χ4v) is 4.76. The number of hydrogen-bond donors (Lipinski definition) is 1. The molecular formula is C29H50O5. The molecule has 1 heterocycles. The molecule has 1 aliphatic heterocycles. The quantitative estimate of drug-likeness (QED) is 0.213. The van der Waals surface area contributed by atoms with Crippen LogP contribution in [0.3, 0.4) is 0 Å². The lowest BCUT2D eigenvalue weighted by molar-refractivity contribution is -0.164. The summed E-state index contributed by atoms with van der Waals surface area (Å²) < 4.78 is 23.7. The van der Waals surface area contributed by atoms with Gasteiger partial charge in [-0.25, -0.2) is 0 Å². The van der Waals surface area contributed by atoms with Crippen molar-refractivity contribution in [1.29, 1.82) is 0 Å². The molecule has 0 saturated carbocycles. The third-order valence-electron chi connectivity index (χ3n) is 6.73. The topological polar surface area (TPSA) is 57.2 Å². The molecule has 1 N–H and O–H groups in total. The van der Waals surface area contributed by atoms with Crippen molar-refractivity contribution in [2.24, 2.45) is 0 Å². The first-order chi connectivity index (χ1) is 16.5. The van der Waals surface area contributed by atoms with Crippen molar-refractivity contribution >= 4 is 0 Å². The van der Waals surface area contributed by atoms with Crippen molar-refractivity contribution in [1.82, 2.24) is 0 Å². The second-order valence-electron chi connectivity index (χ2n) is 10.2.